The van der Waals surface area contributed by atoms with Crippen LogP contribution in [-0.2, 0) is 6.54 Å². The minimum atomic E-state index is -0.222. The van der Waals surface area contributed by atoms with Gasteiger partial charge in [0.2, 0.25) is 0 Å². The van der Waals surface area contributed by atoms with Crippen LogP contribution < -0.4 is 16.6 Å². The van der Waals surface area contributed by atoms with Gasteiger partial charge in [0.05, 0.1) is 0 Å². The molecule has 1 amide bonds. The van der Waals surface area contributed by atoms with Gasteiger partial charge in [-0.25, -0.2) is 10.8 Å². The third kappa shape index (κ3) is 3.29. The van der Waals surface area contributed by atoms with E-state index in [1.54, 1.807) is 18.2 Å². The number of aryl methyl sites for hydroxylation is 1. The van der Waals surface area contributed by atoms with Crippen molar-refractivity contribution >= 4 is 11.7 Å². The number of hydrogen-bond acceptors (Lipinski definition) is 4. The van der Waals surface area contributed by atoms with Crippen LogP contribution in [0.25, 0.3) is 0 Å². The van der Waals surface area contributed by atoms with Crippen LogP contribution in [0.3, 0.4) is 0 Å². The normalized spacial score (nSPS) is 10.0. The van der Waals surface area contributed by atoms with Crippen LogP contribution in [-0.4, -0.2) is 10.9 Å². The van der Waals surface area contributed by atoms with E-state index in [-0.39, 0.29) is 5.91 Å². The molecule has 98 valence electrons. The van der Waals surface area contributed by atoms with Gasteiger partial charge in [0.15, 0.2) is 0 Å². The summed E-state index contributed by atoms with van der Waals surface area (Å²) in [4.78, 5) is 16.0. The van der Waals surface area contributed by atoms with E-state index < -0.39 is 0 Å². The first-order valence-corrected chi connectivity index (χ1v) is 5.97. The van der Waals surface area contributed by atoms with Crippen molar-refractivity contribution < 1.29 is 4.79 Å². The minimum Gasteiger partial charge on any atom is -0.347 e. The highest BCUT2D eigenvalue weighted by Crippen LogP contribution is 2.07. The first-order valence-electron chi connectivity index (χ1n) is 5.97. The summed E-state index contributed by atoms with van der Waals surface area (Å²) < 4.78 is 0. The van der Waals surface area contributed by atoms with Crippen molar-refractivity contribution in [1.29, 1.82) is 0 Å². The fraction of sp³-hybridized carbons (Fsp3) is 0.143. The minimum absolute atomic E-state index is 0.222. The van der Waals surface area contributed by atoms with Crippen molar-refractivity contribution in [2.24, 2.45) is 5.84 Å². The lowest BCUT2D eigenvalue weighted by atomic mass is 10.1. The van der Waals surface area contributed by atoms with Crippen LogP contribution in [0.15, 0.2) is 42.5 Å². The smallest absolute Gasteiger partial charge is 0.270 e. The number of hydrazine groups is 1. The van der Waals surface area contributed by atoms with Gasteiger partial charge in [-0.1, -0.05) is 30.3 Å². The highest BCUT2D eigenvalue weighted by molar-refractivity contribution is 5.92. The summed E-state index contributed by atoms with van der Waals surface area (Å²) in [5.41, 5.74) is 4.98. The fourth-order valence-corrected chi connectivity index (χ4v) is 1.72. The zero-order valence-corrected chi connectivity index (χ0v) is 10.7. The number of amides is 1. The van der Waals surface area contributed by atoms with Crippen LogP contribution in [0.1, 0.15) is 21.6 Å². The second-order valence-electron chi connectivity index (χ2n) is 4.16. The molecule has 0 aliphatic heterocycles. The average Bonchev–Trinajstić information content (AvgIpc) is 2.46. The van der Waals surface area contributed by atoms with Gasteiger partial charge in [0.25, 0.3) is 5.91 Å². The van der Waals surface area contributed by atoms with Gasteiger partial charge in [0.1, 0.15) is 11.5 Å². The molecular weight excluding hydrogens is 240 g/mol. The predicted octanol–water partition coefficient (Wildman–Crippen LogP) is 1.61. The Hall–Kier alpha value is -2.40. The van der Waals surface area contributed by atoms with E-state index in [0.29, 0.717) is 18.1 Å². The molecule has 2 aromatic rings. The summed E-state index contributed by atoms with van der Waals surface area (Å²) in [6.07, 6.45) is 0. The number of nitrogens with two attached hydrogens (primary N) is 1. The molecule has 0 atom stereocenters. The number of hydrogen-bond donors (Lipinski definition) is 3. The lowest BCUT2D eigenvalue weighted by Gasteiger charge is -2.08. The maximum atomic E-state index is 12.0. The van der Waals surface area contributed by atoms with E-state index in [1.807, 2.05) is 31.2 Å². The topological polar surface area (TPSA) is 80.0 Å². The van der Waals surface area contributed by atoms with Gasteiger partial charge >= 0.3 is 0 Å². The third-order valence-electron chi connectivity index (χ3n) is 2.83. The first kappa shape index (κ1) is 13.0. The second kappa shape index (κ2) is 5.97. The Balaban J connectivity index is 2.03. The van der Waals surface area contributed by atoms with E-state index in [9.17, 15) is 4.79 Å². The monoisotopic (exact) mass is 256 g/mol. The number of rotatable bonds is 4. The van der Waals surface area contributed by atoms with Crippen LogP contribution in [0.2, 0.25) is 0 Å². The molecule has 5 heteroatoms. The van der Waals surface area contributed by atoms with Crippen molar-refractivity contribution in [3.8, 4) is 0 Å². The summed E-state index contributed by atoms with van der Waals surface area (Å²) in [6, 6.07) is 13.0. The lowest BCUT2D eigenvalue weighted by Crippen LogP contribution is -2.24. The molecule has 4 N–H and O–H groups in total. The zero-order chi connectivity index (χ0) is 13.7. The van der Waals surface area contributed by atoms with Gasteiger partial charge in [-0.15, -0.1) is 0 Å². The van der Waals surface area contributed by atoms with E-state index in [1.165, 1.54) is 0 Å². The maximum absolute atomic E-state index is 12.0. The fourth-order valence-electron chi connectivity index (χ4n) is 1.72. The molecule has 0 radical (unpaired) electrons. The van der Waals surface area contributed by atoms with Gasteiger partial charge in [-0.3, -0.25) is 4.79 Å². The van der Waals surface area contributed by atoms with Gasteiger partial charge in [-0.05, 0) is 30.2 Å². The molecule has 2 rings (SSSR count). The molecule has 1 aromatic carbocycles. The first-order chi connectivity index (χ1) is 9.20. The SMILES string of the molecule is Cc1ccccc1CNC(=O)c1cccc(NN)n1. The predicted molar refractivity (Wildman–Crippen MR) is 74.4 cm³/mol. The Bertz CT molecular complexity index is 583. The molecule has 0 fully saturated rings. The largest absolute Gasteiger partial charge is 0.347 e. The number of pyridine rings is 1. The van der Waals surface area contributed by atoms with Crippen molar-refractivity contribution in [3.05, 3.63) is 59.3 Å². The molecule has 0 saturated carbocycles. The molecule has 1 heterocycles. The standard InChI is InChI=1S/C14H16N4O/c1-10-5-2-3-6-11(10)9-16-14(19)12-7-4-8-13(17-12)18-15/h2-8H,9,15H2,1H3,(H,16,19)(H,17,18). The zero-order valence-electron chi connectivity index (χ0n) is 10.7. The number of benzene rings is 1. The number of anilines is 1. The number of nitrogen functional groups attached to an aromatic ring is 1. The molecular formula is C14H16N4O. The third-order valence-corrected chi connectivity index (χ3v) is 2.83. The van der Waals surface area contributed by atoms with Gasteiger partial charge < -0.3 is 10.7 Å². The molecule has 0 unspecified atom stereocenters. The molecule has 0 bridgehead atoms. The average molecular weight is 256 g/mol. The molecule has 19 heavy (non-hydrogen) atoms. The molecule has 0 saturated heterocycles. The van der Waals surface area contributed by atoms with Crippen molar-refractivity contribution in [2.75, 3.05) is 5.43 Å². The van der Waals surface area contributed by atoms with Crippen molar-refractivity contribution in [1.82, 2.24) is 10.3 Å². The van der Waals surface area contributed by atoms with E-state index in [2.05, 4.69) is 15.7 Å². The molecule has 0 spiro atoms. The van der Waals surface area contributed by atoms with Gasteiger partial charge in [-0.2, -0.15) is 0 Å². The summed E-state index contributed by atoms with van der Waals surface area (Å²) in [6.45, 7) is 2.49. The number of aromatic nitrogens is 1. The van der Waals surface area contributed by atoms with Crippen molar-refractivity contribution in [3.63, 3.8) is 0 Å². The van der Waals surface area contributed by atoms with Gasteiger partial charge in [0, 0.05) is 6.54 Å². The van der Waals surface area contributed by atoms with E-state index in [4.69, 9.17) is 5.84 Å². The van der Waals surface area contributed by atoms with Crippen LogP contribution in [0, 0.1) is 6.92 Å². The van der Waals surface area contributed by atoms with Crippen LogP contribution in [0.5, 0.6) is 0 Å². The number of nitrogens with zero attached hydrogens (tertiary/aromatic N) is 1. The second-order valence-corrected chi connectivity index (χ2v) is 4.16. The quantitative estimate of drug-likeness (QED) is 0.573. The molecule has 0 aliphatic rings. The highest BCUT2D eigenvalue weighted by atomic mass is 16.1. The van der Waals surface area contributed by atoms with E-state index >= 15 is 0 Å². The lowest BCUT2D eigenvalue weighted by molar-refractivity contribution is 0.0946. The summed E-state index contributed by atoms with van der Waals surface area (Å²) in [5.74, 6) is 5.50. The van der Waals surface area contributed by atoms with Crippen molar-refractivity contribution in [2.45, 2.75) is 13.5 Å². The maximum Gasteiger partial charge on any atom is 0.270 e. The Morgan fingerprint density at radius 1 is 1.21 bits per heavy atom. The summed E-state index contributed by atoms with van der Waals surface area (Å²) >= 11 is 0. The Kier molecular flexibility index (Phi) is 4.10. The number of carbonyl (C=O) groups excluding carboxylic acids is 1. The van der Waals surface area contributed by atoms with Crippen LogP contribution in [0.4, 0.5) is 5.82 Å². The molecule has 1 aromatic heterocycles. The Morgan fingerprint density at radius 3 is 2.74 bits per heavy atom. The van der Waals surface area contributed by atoms with E-state index in [0.717, 1.165) is 11.1 Å². The Morgan fingerprint density at radius 2 is 2.00 bits per heavy atom. The summed E-state index contributed by atoms with van der Waals surface area (Å²) in [7, 11) is 0. The molecule has 0 aliphatic carbocycles. The number of nitrogens with one attached hydrogen (secondary N) is 2. The Labute approximate surface area is 111 Å². The highest BCUT2D eigenvalue weighted by Gasteiger charge is 2.07. The number of carbonyl (C=O) groups is 1. The summed E-state index contributed by atoms with van der Waals surface area (Å²) in [5, 5.41) is 2.84. The molecule has 5 nitrogen and oxygen atoms in total. The van der Waals surface area contributed by atoms with Crippen LogP contribution >= 0.6 is 0 Å².